The van der Waals surface area contributed by atoms with Crippen molar-refractivity contribution >= 4 is 0 Å². The van der Waals surface area contributed by atoms with Gasteiger partial charge in [0.2, 0.25) is 0 Å². The van der Waals surface area contributed by atoms with Gasteiger partial charge in [0.15, 0.2) is 0 Å². The van der Waals surface area contributed by atoms with Gasteiger partial charge in [0, 0.05) is 0 Å². The van der Waals surface area contributed by atoms with Crippen LogP contribution in [0.4, 0.5) is 0 Å². The van der Waals surface area contributed by atoms with Gasteiger partial charge in [0.05, 0.1) is 0 Å². The van der Waals surface area contributed by atoms with Gasteiger partial charge in [-0.1, -0.05) is 0 Å². The summed E-state index contributed by atoms with van der Waals surface area (Å²) in [5.41, 5.74) is 0. The predicted octanol–water partition coefficient (Wildman–Crippen LogP) is -4.59. The maximum absolute atomic E-state index is 8.64. The second-order valence-corrected chi connectivity index (χ2v) is 0.894. The SMILES string of the molecule is O=[N+]([O-])O[O-].O=[N+]([O-])O[O-].O=[N+]([O-])O[O-].[Ce+3]. The van der Waals surface area contributed by atoms with Crippen molar-refractivity contribution in [3.8, 4) is 0 Å². The molecule has 0 rings (SSSR count). The van der Waals surface area contributed by atoms with Gasteiger partial charge in [-0.05, 0) is 0 Å². The van der Waals surface area contributed by atoms with Crippen LogP contribution in [-0.2, 0) is 15.0 Å². The van der Waals surface area contributed by atoms with Crippen molar-refractivity contribution < 1.29 is 87.7 Å². The maximum atomic E-state index is 8.64. The Morgan fingerprint density at radius 2 is 0.688 bits per heavy atom. The molecule has 0 bridgehead atoms. The summed E-state index contributed by atoms with van der Waals surface area (Å²) >= 11 is 0. The van der Waals surface area contributed by atoms with Gasteiger partial charge in [-0.25, -0.2) is 0 Å². The molecule has 0 aliphatic carbocycles. The molecule has 0 unspecified atom stereocenters. The van der Waals surface area contributed by atoms with Crippen molar-refractivity contribution in [2.75, 3.05) is 0 Å². The smallest absolute Gasteiger partial charge is 0.694 e. The summed E-state index contributed by atoms with van der Waals surface area (Å²) in [6.45, 7) is 0. The van der Waals surface area contributed by atoms with E-state index in [1.165, 1.54) is 0 Å². The molecule has 0 aromatic carbocycles. The molecule has 0 aliphatic heterocycles. The van der Waals surface area contributed by atoms with E-state index in [2.05, 4.69) is 15.0 Å². The molecule has 0 fully saturated rings. The molecule has 0 aliphatic rings. The van der Waals surface area contributed by atoms with Gasteiger partial charge in [-0.15, -0.1) is 30.3 Å². The van der Waals surface area contributed by atoms with E-state index >= 15 is 0 Å². The average molecular weight is 374 g/mol. The van der Waals surface area contributed by atoms with E-state index in [0.29, 0.717) is 0 Å². The third-order valence-corrected chi connectivity index (χ3v) is 0.183. The van der Waals surface area contributed by atoms with E-state index in [0.717, 1.165) is 0 Å². The molecular weight excluding hydrogens is 374 g/mol. The third kappa shape index (κ3) is 76.6. The Bertz CT molecular complexity index is 155. The molecule has 0 saturated carbocycles. The molecule has 0 aromatic rings. The van der Waals surface area contributed by atoms with Gasteiger partial charge in [-0.2, -0.15) is 0 Å². The van der Waals surface area contributed by atoms with Crippen LogP contribution < -0.4 is 15.8 Å². The minimum Gasteiger partial charge on any atom is -0.694 e. The Labute approximate surface area is 118 Å². The van der Waals surface area contributed by atoms with Crippen LogP contribution in [-0.4, -0.2) is 15.3 Å². The van der Waals surface area contributed by atoms with Crippen LogP contribution in [0.15, 0.2) is 0 Å². The van der Waals surface area contributed by atoms with E-state index in [-0.39, 0.29) is 41.7 Å². The van der Waals surface area contributed by atoms with Crippen LogP contribution in [0, 0.1) is 72.1 Å². The molecule has 91 valence electrons. The first-order chi connectivity index (χ1) is 6.81. The fourth-order valence-corrected chi connectivity index (χ4v) is 0. The number of hydrogen-bond acceptors (Lipinski definition) is 12. The maximum Gasteiger partial charge on any atom is 3.00 e. The summed E-state index contributed by atoms with van der Waals surface area (Å²) in [4.78, 5) is 32.6. The quantitative estimate of drug-likeness (QED) is 0.258. The van der Waals surface area contributed by atoms with Gasteiger partial charge in [0.25, 0.3) is 15.3 Å². The molecule has 16 heteroatoms. The summed E-state index contributed by atoms with van der Waals surface area (Å²) in [7, 11) is 0. The molecule has 1 radical (unpaired) electrons. The Balaban J connectivity index is -0.0000000655. The largest absolute Gasteiger partial charge is 3.00 e. The van der Waals surface area contributed by atoms with Crippen LogP contribution in [0.3, 0.4) is 0 Å². The van der Waals surface area contributed by atoms with Gasteiger partial charge in [0.1, 0.15) is 0 Å². The molecule has 0 heterocycles. The molecule has 0 aromatic heterocycles. The molecule has 16 heavy (non-hydrogen) atoms. The fourth-order valence-electron chi connectivity index (χ4n) is 0. The summed E-state index contributed by atoms with van der Waals surface area (Å²) in [5, 5.41) is 46.9. The first-order valence-electron chi connectivity index (χ1n) is 2.14. The third-order valence-electron chi connectivity index (χ3n) is 0.183. The van der Waals surface area contributed by atoms with Crippen LogP contribution in [0.25, 0.3) is 0 Å². The van der Waals surface area contributed by atoms with Crippen molar-refractivity contribution in [2.24, 2.45) is 0 Å². The Morgan fingerprint density at radius 1 is 0.625 bits per heavy atom. The predicted molar refractivity (Wildman–Crippen MR) is 24.2 cm³/mol. The topological polar surface area (TPSA) is 226 Å². The van der Waals surface area contributed by atoms with Crippen molar-refractivity contribution in [3.63, 3.8) is 0 Å². The van der Waals surface area contributed by atoms with Crippen LogP contribution in [0.1, 0.15) is 0 Å². The Kier molecular flexibility index (Phi) is 29.4. The average Bonchev–Trinajstić information content (AvgIpc) is 2.19. The zero-order valence-electron chi connectivity index (χ0n) is 6.74. The molecule has 0 spiro atoms. The fraction of sp³-hybridized carbons (Fsp3) is 0. The summed E-state index contributed by atoms with van der Waals surface area (Å²) in [5.74, 6) is 0. The van der Waals surface area contributed by atoms with Crippen LogP contribution in [0.5, 0.6) is 0 Å². The van der Waals surface area contributed by atoms with Gasteiger partial charge >= 0.3 is 41.7 Å². The van der Waals surface area contributed by atoms with E-state index in [1.807, 2.05) is 0 Å². The van der Waals surface area contributed by atoms with Crippen LogP contribution >= 0.6 is 0 Å². The number of hydrogen-bond donors (Lipinski definition) is 0. The van der Waals surface area contributed by atoms with E-state index in [4.69, 9.17) is 46.1 Å². The molecule has 0 saturated heterocycles. The molecule has 0 N–H and O–H groups in total. The standard InChI is InChI=1S/Ce.3HNO4/c;3*2-1(3)5-4/h;3*4H/q+3;;;/p-3. The zero-order chi connectivity index (χ0) is 12.9. The number of rotatable bonds is 3. The minimum atomic E-state index is -1.43. The monoisotopic (exact) mass is 374 g/mol. The van der Waals surface area contributed by atoms with E-state index in [9.17, 15) is 0 Å². The second-order valence-electron chi connectivity index (χ2n) is 0.894. The summed E-state index contributed by atoms with van der Waals surface area (Å²) < 4.78 is 0. The van der Waals surface area contributed by atoms with Crippen molar-refractivity contribution in [3.05, 3.63) is 30.3 Å². The van der Waals surface area contributed by atoms with E-state index < -0.39 is 15.3 Å². The normalized spacial score (nSPS) is 6.19. The Hall–Kier alpha value is -1.14. The molecular formula is CeN3O12. The first kappa shape index (κ1) is 24.2. The molecule has 0 amide bonds. The number of nitrogens with zero attached hydrogens (tertiary/aromatic N) is 3. The first-order valence-corrected chi connectivity index (χ1v) is 2.14. The zero-order valence-corrected chi connectivity index (χ0v) is 9.88. The van der Waals surface area contributed by atoms with Crippen LogP contribution in [0.2, 0.25) is 0 Å². The second kappa shape index (κ2) is 19.4. The Morgan fingerprint density at radius 3 is 0.688 bits per heavy atom. The summed E-state index contributed by atoms with van der Waals surface area (Å²) in [6, 6.07) is 0. The van der Waals surface area contributed by atoms with E-state index in [1.54, 1.807) is 0 Å². The van der Waals surface area contributed by atoms with Gasteiger partial charge < -0.3 is 30.7 Å². The minimum absolute atomic E-state index is 0. The molecule has 0 atom stereocenters. The van der Waals surface area contributed by atoms with Crippen molar-refractivity contribution in [1.29, 1.82) is 0 Å². The molecule has 15 nitrogen and oxygen atoms in total. The van der Waals surface area contributed by atoms with Crippen molar-refractivity contribution in [1.82, 2.24) is 0 Å². The van der Waals surface area contributed by atoms with Gasteiger partial charge in [-0.3, -0.25) is 0 Å². The summed E-state index contributed by atoms with van der Waals surface area (Å²) in [6.07, 6.45) is 0. The van der Waals surface area contributed by atoms with Crippen molar-refractivity contribution in [2.45, 2.75) is 0 Å².